The summed E-state index contributed by atoms with van der Waals surface area (Å²) >= 11 is 0. The standard InChI is InChI=1S/C27H28N4O3S/c1-31(20-21-7-4-3-5-8-21)15-16-35(32,33)25-10-6-9-24(17-25)30-26-13-11-22(18-28-26)23-12-14-27(34-2)29-19-23/h3-14,17-19H,15-16,20H2,1-2H3,(H,28,30). The molecular formula is C27H28N4O3S. The molecule has 0 spiro atoms. The first-order valence-corrected chi connectivity index (χ1v) is 12.9. The minimum atomic E-state index is -3.43. The van der Waals surface area contributed by atoms with Gasteiger partial charge in [0.1, 0.15) is 5.82 Å². The molecule has 0 saturated carbocycles. The van der Waals surface area contributed by atoms with Gasteiger partial charge in [-0.05, 0) is 49.0 Å². The Kier molecular flexibility index (Phi) is 7.74. The zero-order valence-corrected chi connectivity index (χ0v) is 20.6. The van der Waals surface area contributed by atoms with E-state index in [-0.39, 0.29) is 10.6 Å². The Morgan fingerprint density at radius 2 is 1.63 bits per heavy atom. The number of ether oxygens (including phenoxy) is 1. The molecule has 0 aliphatic heterocycles. The zero-order valence-electron chi connectivity index (χ0n) is 19.8. The van der Waals surface area contributed by atoms with Gasteiger partial charge in [0.15, 0.2) is 9.84 Å². The second kappa shape index (κ2) is 11.1. The van der Waals surface area contributed by atoms with Crippen LogP contribution in [0.1, 0.15) is 5.56 Å². The van der Waals surface area contributed by atoms with Crippen LogP contribution in [-0.4, -0.2) is 49.7 Å². The van der Waals surface area contributed by atoms with Crippen molar-refractivity contribution in [3.05, 3.63) is 96.8 Å². The van der Waals surface area contributed by atoms with Crippen LogP contribution in [0.15, 0.2) is 96.2 Å². The normalized spacial score (nSPS) is 11.4. The number of anilines is 2. The Labute approximate surface area is 206 Å². The van der Waals surface area contributed by atoms with E-state index in [4.69, 9.17) is 4.74 Å². The molecule has 0 bridgehead atoms. The molecular weight excluding hydrogens is 460 g/mol. The average molecular weight is 489 g/mol. The predicted octanol–water partition coefficient (Wildman–Crippen LogP) is 4.80. The van der Waals surface area contributed by atoms with E-state index in [9.17, 15) is 8.42 Å². The van der Waals surface area contributed by atoms with Gasteiger partial charge in [0.25, 0.3) is 0 Å². The van der Waals surface area contributed by atoms with Gasteiger partial charge in [-0.3, -0.25) is 0 Å². The number of benzene rings is 2. The monoisotopic (exact) mass is 488 g/mol. The van der Waals surface area contributed by atoms with Crippen molar-refractivity contribution in [2.45, 2.75) is 11.4 Å². The lowest BCUT2D eigenvalue weighted by Crippen LogP contribution is -2.25. The predicted molar refractivity (Wildman–Crippen MR) is 139 cm³/mol. The van der Waals surface area contributed by atoms with Crippen LogP contribution in [0.25, 0.3) is 11.1 Å². The SMILES string of the molecule is COc1ccc(-c2ccc(Nc3cccc(S(=O)(=O)CCN(C)Cc4ccccc4)c3)nc2)cn1. The van der Waals surface area contributed by atoms with Crippen LogP contribution in [0.4, 0.5) is 11.5 Å². The van der Waals surface area contributed by atoms with E-state index in [0.29, 0.717) is 30.5 Å². The van der Waals surface area contributed by atoms with Gasteiger partial charge in [-0.25, -0.2) is 18.4 Å². The van der Waals surface area contributed by atoms with E-state index in [1.54, 1.807) is 43.8 Å². The van der Waals surface area contributed by atoms with Crippen LogP contribution >= 0.6 is 0 Å². The molecule has 35 heavy (non-hydrogen) atoms. The van der Waals surface area contributed by atoms with Crippen LogP contribution in [0.3, 0.4) is 0 Å². The molecule has 2 heterocycles. The van der Waals surface area contributed by atoms with E-state index in [2.05, 4.69) is 15.3 Å². The van der Waals surface area contributed by atoms with E-state index in [1.165, 1.54) is 0 Å². The fraction of sp³-hybridized carbons (Fsp3) is 0.185. The summed E-state index contributed by atoms with van der Waals surface area (Å²) in [5.74, 6) is 1.22. The van der Waals surface area contributed by atoms with Crippen LogP contribution in [-0.2, 0) is 16.4 Å². The lowest BCUT2D eigenvalue weighted by atomic mass is 10.1. The van der Waals surface area contributed by atoms with Crippen LogP contribution in [0, 0.1) is 0 Å². The van der Waals surface area contributed by atoms with Crippen molar-refractivity contribution >= 4 is 21.3 Å². The molecule has 7 nitrogen and oxygen atoms in total. The molecule has 2 aromatic heterocycles. The third kappa shape index (κ3) is 6.65. The first-order valence-electron chi connectivity index (χ1n) is 11.2. The minimum absolute atomic E-state index is 0.0443. The second-order valence-electron chi connectivity index (χ2n) is 8.22. The number of hydrogen-bond donors (Lipinski definition) is 1. The Bertz CT molecular complexity index is 1340. The molecule has 0 amide bonds. The summed E-state index contributed by atoms with van der Waals surface area (Å²) in [4.78, 5) is 11.0. The van der Waals surface area contributed by atoms with E-state index < -0.39 is 9.84 Å². The number of sulfone groups is 1. The molecule has 0 atom stereocenters. The third-order valence-electron chi connectivity index (χ3n) is 5.54. The number of pyridine rings is 2. The molecule has 0 saturated heterocycles. The molecule has 0 unspecified atom stereocenters. The maximum absolute atomic E-state index is 13.0. The van der Waals surface area contributed by atoms with Gasteiger partial charge in [0, 0.05) is 48.4 Å². The van der Waals surface area contributed by atoms with E-state index in [0.717, 1.165) is 16.7 Å². The van der Waals surface area contributed by atoms with Crippen molar-refractivity contribution in [2.75, 3.05) is 31.8 Å². The van der Waals surface area contributed by atoms with Gasteiger partial charge in [-0.2, -0.15) is 0 Å². The molecule has 1 N–H and O–H groups in total. The topological polar surface area (TPSA) is 84.4 Å². The first-order chi connectivity index (χ1) is 16.9. The van der Waals surface area contributed by atoms with Crippen LogP contribution in [0.2, 0.25) is 0 Å². The van der Waals surface area contributed by atoms with Crippen molar-refractivity contribution in [3.8, 4) is 17.0 Å². The van der Waals surface area contributed by atoms with Crippen LogP contribution < -0.4 is 10.1 Å². The number of nitrogens with zero attached hydrogens (tertiary/aromatic N) is 3. The summed E-state index contributed by atoms with van der Waals surface area (Å²) in [6.07, 6.45) is 3.48. The number of methoxy groups -OCH3 is 1. The van der Waals surface area contributed by atoms with Crippen LogP contribution in [0.5, 0.6) is 5.88 Å². The molecule has 0 aliphatic carbocycles. The Hall–Kier alpha value is -3.75. The molecule has 8 heteroatoms. The Morgan fingerprint density at radius 1 is 0.886 bits per heavy atom. The molecule has 0 radical (unpaired) electrons. The molecule has 4 rings (SSSR count). The van der Waals surface area contributed by atoms with Gasteiger partial charge in [0.05, 0.1) is 17.8 Å². The highest BCUT2D eigenvalue weighted by atomic mass is 32.2. The van der Waals surface area contributed by atoms with Gasteiger partial charge >= 0.3 is 0 Å². The fourth-order valence-corrected chi connectivity index (χ4v) is 4.97. The molecule has 0 aliphatic rings. The van der Waals surface area contributed by atoms with Crippen molar-refractivity contribution in [1.82, 2.24) is 14.9 Å². The first kappa shape index (κ1) is 24.4. The molecule has 2 aromatic carbocycles. The highest BCUT2D eigenvalue weighted by Crippen LogP contribution is 2.23. The number of nitrogens with one attached hydrogen (secondary N) is 1. The van der Waals surface area contributed by atoms with Crippen molar-refractivity contribution in [3.63, 3.8) is 0 Å². The van der Waals surface area contributed by atoms with E-state index in [1.807, 2.05) is 66.5 Å². The molecule has 0 fully saturated rings. The van der Waals surface area contributed by atoms with Gasteiger partial charge < -0.3 is 15.0 Å². The van der Waals surface area contributed by atoms with Crippen molar-refractivity contribution < 1.29 is 13.2 Å². The number of hydrogen-bond acceptors (Lipinski definition) is 7. The van der Waals surface area contributed by atoms with Gasteiger partial charge in [0.2, 0.25) is 5.88 Å². The molecule has 180 valence electrons. The van der Waals surface area contributed by atoms with Gasteiger partial charge in [-0.15, -0.1) is 0 Å². The maximum atomic E-state index is 13.0. The largest absolute Gasteiger partial charge is 0.481 e. The number of rotatable bonds is 10. The Balaban J connectivity index is 1.38. The Morgan fingerprint density at radius 3 is 2.29 bits per heavy atom. The summed E-state index contributed by atoms with van der Waals surface area (Å²) in [7, 11) is 0.0763. The highest BCUT2D eigenvalue weighted by Gasteiger charge is 2.16. The quantitative estimate of drug-likeness (QED) is 0.343. The average Bonchev–Trinajstić information content (AvgIpc) is 2.89. The lowest BCUT2D eigenvalue weighted by Gasteiger charge is -2.17. The zero-order chi connectivity index (χ0) is 24.7. The smallest absolute Gasteiger partial charge is 0.212 e. The van der Waals surface area contributed by atoms with Crippen molar-refractivity contribution in [1.29, 1.82) is 0 Å². The highest BCUT2D eigenvalue weighted by molar-refractivity contribution is 7.91. The summed E-state index contributed by atoms with van der Waals surface area (Å²) < 4.78 is 31.0. The maximum Gasteiger partial charge on any atom is 0.212 e. The lowest BCUT2D eigenvalue weighted by molar-refractivity contribution is 0.346. The van der Waals surface area contributed by atoms with Gasteiger partial charge in [-0.1, -0.05) is 36.4 Å². The summed E-state index contributed by atoms with van der Waals surface area (Å²) in [5.41, 5.74) is 3.66. The summed E-state index contributed by atoms with van der Waals surface area (Å²) in [6.45, 7) is 1.14. The van der Waals surface area contributed by atoms with E-state index >= 15 is 0 Å². The second-order valence-corrected chi connectivity index (χ2v) is 10.3. The minimum Gasteiger partial charge on any atom is -0.481 e. The van der Waals surface area contributed by atoms with Crippen molar-refractivity contribution in [2.24, 2.45) is 0 Å². The number of aromatic nitrogens is 2. The third-order valence-corrected chi connectivity index (χ3v) is 7.24. The summed E-state index contributed by atoms with van der Waals surface area (Å²) in [5, 5.41) is 3.19. The summed E-state index contributed by atoms with van der Waals surface area (Å²) in [6, 6.07) is 24.3. The molecule has 4 aromatic rings. The fourth-order valence-electron chi connectivity index (χ4n) is 3.59.